The molecule has 0 unspecified atom stereocenters. The summed E-state index contributed by atoms with van der Waals surface area (Å²) in [5, 5.41) is 0.454. The Bertz CT molecular complexity index is 777. The average molecular weight is 399 g/mol. The van der Waals surface area contributed by atoms with Gasteiger partial charge in [0.2, 0.25) is 0 Å². The lowest BCUT2D eigenvalue weighted by atomic mass is 10.0. The first-order chi connectivity index (χ1) is 12.6. The predicted octanol–water partition coefficient (Wildman–Crippen LogP) is 3.98. The normalized spacial score (nSPS) is 16.4. The van der Waals surface area contributed by atoms with Crippen molar-refractivity contribution in [3.63, 3.8) is 0 Å². The predicted molar refractivity (Wildman–Crippen MR) is 100 cm³/mol. The summed E-state index contributed by atoms with van der Waals surface area (Å²) in [5.41, 5.74) is 0.207. The standard InChI is InChI=1S/C18H24F3N5S/c1-11-9-16(23-12(2)22-11)26-7-5-14(6-8-26)25(4)10-15-17(18(19,20)21)24-13(3)27-15/h9,14H,5-8,10H2,1-4H3. The zero-order valence-electron chi connectivity index (χ0n) is 16.0. The van der Waals surface area contributed by atoms with E-state index in [9.17, 15) is 13.2 Å². The molecule has 0 aromatic carbocycles. The smallest absolute Gasteiger partial charge is 0.356 e. The molecular formula is C18H24F3N5S. The maximum Gasteiger partial charge on any atom is 0.434 e. The Kier molecular flexibility index (Phi) is 5.71. The minimum Gasteiger partial charge on any atom is -0.356 e. The van der Waals surface area contributed by atoms with Crippen molar-refractivity contribution in [1.82, 2.24) is 19.9 Å². The van der Waals surface area contributed by atoms with E-state index < -0.39 is 11.9 Å². The van der Waals surface area contributed by atoms with E-state index in [1.165, 1.54) is 0 Å². The number of hydrogen-bond donors (Lipinski definition) is 0. The molecule has 0 aliphatic carbocycles. The SMILES string of the molecule is Cc1cc(N2CCC(N(C)Cc3sc(C)nc3C(F)(F)F)CC2)nc(C)n1. The van der Waals surface area contributed by atoms with Crippen molar-refractivity contribution < 1.29 is 13.2 Å². The van der Waals surface area contributed by atoms with Gasteiger partial charge in [-0.15, -0.1) is 11.3 Å². The fourth-order valence-electron chi connectivity index (χ4n) is 3.55. The van der Waals surface area contributed by atoms with Crippen LogP contribution in [0.4, 0.5) is 19.0 Å². The lowest BCUT2D eigenvalue weighted by molar-refractivity contribution is -0.141. The van der Waals surface area contributed by atoms with E-state index in [4.69, 9.17) is 0 Å². The molecule has 1 fully saturated rings. The maximum absolute atomic E-state index is 13.2. The number of aryl methyl sites for hydroxylation is 3. The number of halogens is 3. The van der Waals surface area contributed by atoms with Gasteiger partial charge in [-0.05, 0) is 40.7 Å². The first kappa shape index (κ1) is 20.0. The third kappa shape index (κ3) is 4.76. The number of rotatable bonds is 4. The molecule has 3 rings (SSSR count). The lowest BCUT2D eigenvalue weighted by Crippen LogP contribution is -2.43. The summed E-state index contributed by atoms with van der Waals surface area (Å²) in [7, 11) is 1.90. The third-order valence-electron chi connectivity index (χ3n) is 4.83. The lowest BCUT2D eigenvalue weighted by Gasteiger charge is -2.37. The fraction of sp³-hybridized carbons (Fsp3) is 0.611. The van der Waals surface area contributed by atoms with Crippen molar-refractivity contribution in [3.8, 4) is 0 Å². The highest BCUT2D eigenvalue weighted by Gasteiger charge is 2.37. The number of piperidine rings is 1. The van der Waals surface area contributed by atoms with Gasteiger partial charge in [0.15, 0.2) is 5.69 Å². The molecule has 1 saturated heterocycles. The zero-order chi connectivity index (χ0) is 19.8. The summed E-state index contributed by atoms with van der Waals surface area (Å²) in [5.74, 6) is 1.68. The number of nitrogens with zero attached hydrogens (tertiary/aromatic N) is 5. The molecular weight excluding hydrogens is 375 g/mol. The first-order valence-corrected chi connectivity index (χ1v) is 9.76. The van der Waals surface area contributed by atoms with Crippen molar-refractivity contribution in [3.05, 3.63) is 33.2 Å². The molecule has 0 saturated carbocycles. The van der Waals surface area contributed by atoms with E-state index >= 15 is 0 Å². The Hall–Kier alpha value is -1.74. The number of hydrogen-bond acceptors (Lipinski definition) is 6. The molecule has 5 nitrogen and oxygen atoms in total. The summed E-state index contributed by atoms with van der Waals surface area (Å²) in [6.45, 7) is 7.39. The molecule has 2 aromatic rings. The van der Waals surface area contributed by atoms with Crippen LogP contribution < -0.4 is 4.90 Å². The van der Waals surface area contributed by atoms with Crippen molar-refractivity contribution in [2.45, 2.75) is 52.4 Å². The highest BCUT2D eigenvalue weighted by atomic mass is 32.1. The van der Waals surface area contributed by atoms with Crippen LogP contribution >= 0.6 is 11.3 Å². The molecule has 1 aliphatic heterocycles. The summed E-state index contributed by atoms with van der Waals surface area (Å²) >= 11 is 1.13. The van der Waals surface area contributed by atoms with Crippen molar-refractivity contribution in [2.75, 3.05) is 25.0 Å². The first-order valence-electron chi connectivity index (χ1n) is 8.94. The monoisotopic (exact) mass is 399 g/mol. The van der Waals surface area contributed by atoms with Crippen molar-refractivity contribution in [1.29, 1.82) is 0 Å². The fourth-order valence-corrected chi connectivity index (χ4v) is 4.57. The number of alkyl halides is 3. The van der Waals surface area contributed by atoms with Crippen LogP contribution in [0.1, 0.15) is 39.9 Å². The molecule has 27 heavy (non-hydrogen) atoms. The second-order valence-corrected chi connectivity index (χ2v) is 8.34. The molecule has 3 heterocycles. The number of aromatic nitrogens is 3. The minimum atomic E-state index is -4.40. The van der Waals surface area contributed by atoms with Crippen molar-refractivity contribution in [2.24, 2.45) is 0 Å². The van der Waals surface area contributed by atoms with Gasteiger partial charge in [0.05, 0.1) is 9.88 Å². The van der Waals surface area contributed by atoms with Crippen LogP contribution in [0.5, 0.6) is 0 Å². The topological polar surface area (TPSA) is 45.2 Å². The van der Waals surface area contributed by atoms with Gasteiger partial charge in [-0.1, -0.05) is 0 Å². The Morgan fingerprint density at radius 3 is 2.41 bits per heavy atom. The van der Waals surface area contributed by atoms with Crippen LogP contribution in [0.25, 0.3) is 0 Å². The number of thiazole rings is 1. The molecule has 0 atom stereocenters. The van der Waals surface area contributed by atoms with Gasteiger partial charge in [-0.2, -0.15) is 13.2 Å². The summed E-state index contributed by atoms with van der Waals surface area (Å²) in [6.07, 6.45) is -2.62. The van der Waals surface area contributed by atoms with E-state index in [1.54, 1.807) is 6.92 Å². The van der Waals surface area contributed by atoms with E-state index in [0.717, 1.165) is 54.6 Å². The largest absolute Gasteiger partial charge is 0.434 e. The molecule has 1 aliphatic rings. The Balaban J connectivity index is 1.63. The molecule has 0 bridgehead atoms. The van der Waals surface area contributed by atoms with Crippen LogP contribution in [-0.4, -0.2) is 46.0 Å². The molecule has 148 valence electrons. The van der Waals surface area contributed by atoms with Gasteiger partial charge in [-0.25, -0.2) is 15.0 Å². The Morgan fingerprint density at radius 2 is 1.81 bits per heavy atom. The minimum absolute atomic E-state index is 0.244. The average Bonchev–Trinajstić information content (AvgIpc) is 2.95. The summed E-state index contributed by atoms with van der Waals surface area (Å²) in [6, 6.07) is 2.22. The van der Waals surface area contributed by atoms with Crippen molar-refractivity contribution >= 4 is 17.2 Å². The van der Waals surface area contributed by atoms with Crippen LogP contribution in [-0.2, 0) is 12.7 Å². The van der Waals surface area contributed by atoms with Gasteiger partial charge in [0, 0.05) is 37.4 Å². The van der Waals surface area contributed by atoms with E-state index in [1.807, 2.05) is 31.9 Å². The Labute approximate surface area is 161 Å². The zero-order valence-corrected chi connectivity index (χ0v) is 16.8. The molecule has 0 radical (unpaired) electrons. The van der Waals surface area contributed by atoms with Crippen LogP contribution in [0, 0.1) is 20.8 Å². The van der Waals surface area contributed by atoms with E-state index in [-0.39, 0.29) is 12.6 Å². The van der Waals surface area contributed by atoms with Gasteiger partial charge in [-0.3, -0.25) is 4.90 Å². The van der Waals surface area contributed by atoms with E-state index in [2.05, 4.69) is 19.9 Å². The van der Waals surface area contributed by atoms with E-state index in [0.29, 0.717) is 9.88 Å². The van der Waals surface area contributed by atoms with Crippen LogP contribution in [0.2, 0.25) is 0 Å². The number of anilines is 1. The molecule has 9 heteroatoms. The van der Waals surface area contributed by atoms with Gasteiger partial charge in [0.25, 0.3) is 0 Å². The van der Waals surface area contributed by atoms with Gasteiger partial charge in [0.1, 0.15) is 11.6 Å². The van der Waals surface area contributed by atoms with Gasteiger partial charge < -0.3 is 4.90 Å². The molecule has 0 spiro atoms. The molecule has 0 amide bonds. The highest BCUT2D eigenvalue weighted by Crippen LogP contribution is 2.35. The maximum atomic E-state index is 13.2. The van der Waals surface area contributed by atoms with Gasteiger partial charge >= 0.3 is 6.18 Å². The quantitative estimate of drug-likeness (QED) is 0.778. The second kappa shape index (κ2) is 7.71. The molecule has 0 N–H and O–H groups in total. The summed E-state index contributed by atoms with van der Waals surface area (Å²) < 4.78 is 39.5. The van der Waals surface area contributed by atoms with Crippen LogP contribution in [0.3, 0.4) is 0 Å². The molecule has 2 aromatic heterocycles. The summed E-state index contributed by atoms with van der Waals surface area (Å²) in [4.78, 5) is 17.1. The third-order valence-corrected chi connectivity index (χ3v) is 5.79. The Morgan fingerprint density at radius 1 is 1.15 bits per heavy atom. The second-order valence-electron chi connectivity index (χ2n) is 7.05. The van der Waals surface area contributed by atoms with Crippen LogP contribution in [0.15, 0.2) is 6.07 Å². The highest BCUT2D eigenvalue weighted by molar-refractivity contribution is 7.11.